The minimum atomic E-state index is -1.17. The number of amides is 1. The molecule has 3 aliphatic heterocycles. The van der Waals surface area contributed by atoms with Crippen LogP contribution in [0.15, 0.2) is 78.9 Å². The van der Waals surface area contributed by atoms with Gasteiger partial charge in [0.15, 0.2) is 5.78 Å². The summed E-state index contributed by atoms with van der Waals surface area (Å²) < 4.78 is 0. The molecule has 1 spiro atoms. The van der Waals surface area contributed by atoms with Gasteiger partial charge in [0.25, 0.3) is 5.69 Å². The molecule has 3 heterocycles. The van der Waals surface area contributed by atoms with E-state index in [4.69, 9.17) is 0 Å². The van der Waals surface area contributed by atoms with Crippen LogP contribution in [-0.4, -0.2) is 39.2 Å². The first kappa shape index (κ1) is 21.1. The van der Waals surface area contributed by atoms with Crippen LogP contribution in [0, 0.1) is 16.0 Å². The molecule has 2 saturated heterocycles. The van der Waals surface area contributed by atoms with Crippen LogP contribution in [0.3, 0.4) is 0 Å². The van der Waals surface area contributed by atoms with Gasteiger partial charge in [0.05, 0.1) is 10.8 Å². The van der Waals surface area contributed by atoms with Crippen LogP contribution in [0.4, 0.5) is 11.4 Å². The van der Waals surface area contributed by atoms with Gasteiger partial charge in [-0.05, 0) is 11.6 Å². The van der Waals surface area contributed by atoms with Crippen molar-refractivity contribution in [3.05, 3.63) is 106 Å². The molecule has 34 heavy (non-hydrogen) atoms. The molecule has 0 radical (unpaired) electrons. The Labute approximate surface area is 200 Å². The highest BCUT2D eigenvalue weighted by atomic mass is 32.2. The first-order chi connectivity index (χ1) is 16.5. The Morgan fingerprint density at radius 3 is 2.62 bits per heavy atom. The van der Waals surface area contributed by atoms with Gasteiger partial charge in [0.2, 0.25) is 5.91 Å². The average molecular weight is 472 g/mol. The zero-order valence-electron chi connectivity index (χ0n) is 18.1. The number of Topliss-reactive ketones (excluding diaryl/α,β-unsaturated/α-hetero) is 1. The van der Waals surface area contributed by atoms with Crippen molar-refractivity contribution in [3.63, 3.8) is 0 Å². The van der Waals surface area contributed by atoms with Crippen LogP contribution in [-0.2, 0) is 10.3 Å². The zero-order valence-corrected chi connectivity index (χ0v) is 18.9. The predicted molar refractivity (Wildman–Crippen MR) is 130 cm³/mol. The van der Waals surface area contributed by atoms with E-state index in [9.17, 15) is 19.7 Å². The van der Waals surface area contributed by atoms with Crippen LogP contribution >= 0.6 is 11.8 Å². The predicted octanol–water partition coefficient (Wildman–Crippen LogP) is 4.41. The molecule has 170 valence electrons. The summed E-state index contributed by atoms with van der Waals surface area (Å²) in [6.45, 7) is 0. The van der Waals surface area contributed by atoms with E-state index in [1.54, 1.807) is 17.8 Å². The first-order valence-corrected chi connectivity index (χ1v) is 12.3. The number of hydrogen-bond acceptors (Lipinski definition) is 6. The van der Waals surface area contributed by atoms with Crippen molar-refractivity contribution in [2.45, 2.75) is 17.5 Å². The van der Waals surface area contributed by atoms with Crippen molar-refractivity contribution in [1.82, 2.24) is 4.90 Å². The minimum absolute atomic E-state index is 0.0167. The second-order valence-corrected chi connectivity index (χ2v) is 9.89. The van der Waals surface area contributed by atoms with Gasteiger partial charge < -0.3 is 5.32 Å². The van der Waals surface area contributed by atoms with E-state index >= 15 is 0 Å². The van der Waals surface area contributed by atoms with Crippen molar-refractivity contribution < 1.29 is 14.5 Å². The van der Waals surface area contributed by atoms with E-state index in [-0.39, 0.29) is 34.9 Å². The molecule has 0 aliphatic carbocycles. The van der Waals surface area contributed by atoms with Gasteiger partial charge in [-0.3, -0.25) is 24.6 Å². The maximum atomic E-state index is 14.3. The van der Waals surface area contributed by atoms with Crippen molar-refractivity contribution in [1.29, 1.82) is 0 Å². The molecule has 0 unspecified atom stereocenters. The Hall–Kier alpha value is -3.49. The van der Waals surface area contributed by atoms with E-state index < -0.39 is 16.4 Å². The van der Waals surface area contributed by atoms with E-state index in [0.29, 0.717) is 11.6 Å². The molecule has 6 rings (SSSR count). The summed E-state index contributed by atoms with van der Waals surface area (Å²) in [5, 5.41) is 14.5. The lowest BCUT2D eigenvalue weighted by Gasteiger charge is -2.36. The Bertz CT molecular complexity index is 1330. The lowest BCUT2D eigenvalue weighted by molar-refractivity contribution is -0.384. The van der Waals surface area contributed by atoms with Gasteiger partial charge in [-0.15, -0.1) is 11.8 Å². The summed E-state index contributed by atoms with van der Waals surface area (Å²) in [5.74, 6) is 0.0165. The van der Waals surface area contributed by atoms with Crippen molar-refractivity contribution in [3.8, 4) is 0 Å². The normalized spacial score (nSPS) is 27.4. The molecule has 0 bridgehead atoms. The Morgan fingerprint density at radius 1 is 1.06 bits per heavy atom. The second-order valence-electron chi connectivity index (χ2n) is 8.89. The number of nitro groups is 1. The number of nitrogens with one attached hydrogen (secondary N) is 1. The molecule has 0 saturated carbocycles. The molecule has 4 atom stereocenters. The Kier molecular flexibility index (Phi) is 4.82. The monoisotopic (exact) mass is 471 g/mol. The maximum Gasteiger partial charge on any atom is 0.270 e. The third kappa shape index (κ3) is 2.82. The number of nitrogens with zero attached hydrogens (tertiary/aromatic N) is 2. The average Bonchev–Trinajstić information content (AvgIpc) is 3.52. The number of rotatable bonds is 4. The topological polar surface area (TPSA) is 92.5 Å². The fourth-order valence-electron chi connectivity index (χ4n) is 6.03. The summed E-state index contributed by atoms with van der Waals surface area (Å²) in [4.78, 5) is 41.3. The number of non-ortho nitro benzene ring substituents is 1. The van der Waals surface area contributed by atoms with Crippen LogP contribution in [0.2, 0.25) is 0 Å². The maximum absolute atomic E-state index is 14.3. The number of benzene rings is 3. The third-order valence-corrected chi connectivity index (χ3v) is 8.37. The molecule has 3 aliphatic rings. The highest BCUT2D eigenvalue weighted by Gasteiger charge is 2.69. The minimum Gasteiger partial charge on any atom is -0.324 e. The van der Waals surface area contributed by atoms with Crippen molar-refractivity contribution in [2.24, 2.45) is 5.92 Å². The van der Waals surface area contributed by atoms with E-state index in [0.717, 1.165) is 16.9 Å². The highest BCUT2D eigenvalue weighted by Crippen LogP contribution is 2.61. The number of para-hydroxylation sites is 1. The van der Waals surface area contributed by atoms with Crippen molar-refractivity contribution in [2.75, 3.05) is 16.9 Å². The number of fused-ring (bicyclic) bond motifs is 4. The van der Waals surface area contributed by atoms with Crippen molar-refractivity contribution >= 4 is 34.8 Å². The number of anilines is 1. The number of carbonyl (C=O) groups excluding carboxylic acids is 2. The Morgan fingerprint density at radius 2 is 1.82 bits per heavy atom. The van der Waals surface area contributed by atoms with Gasteiger partial charge in [0.1, 0.15) is 5.54 Å². The van der Waals surface area contributed by atoms with Gasteiger partial charge >= 0.3 is 0 Å². The molecular formula is C26H21N3O4S. The smallest absolute Gasteiger partial charge is 0.270 e. The fourth-order valence-corrected chi connectivity index (χ4v) is 7.36. The SMILES string of the molecule is O=C(c1cccc([N+](=O)[O-])c1)[C@H]1[C@@H](c2ccccc2)[C@H]2CSCN2[C@@]12C(=O)Nc1ccccc12. The lowest BCUT2D eigenvalue weighted by atomic mass is 9.69. The molecule has 7 nitrogen and oxygen atoms in total. The van der Waals surface area contributed by atoms with Crippen LogP contribution in [0.25, 0.3) is 0 Å². The number of hydrogen-bond donors (Lipinski definition) is 1. The second kappa shape index (κ2) is 7.78. The molecule has 2 fully saturated rings. The van der Waals surface area contributed by atoms with E-state index in [1.165, 1.54) is 18.2 Å². The summed E-state index contributed by atoms with van der Waals surface area (Å²) >= 11 is 1.76. The van der Waals surface area contributed by atoms with Crippen LogP contribution in [0.5, 0.6) is 0 Å². The molecular weight excluding hydrogens is 450 g/mol. The molecule has 1 N–H and O–H groups in total. The van der Waals surface area contributed by atoms with Gasteiger partial charge in [0, 0.05) is 52.5 Å². The lowest BCUT2D eigenvalue weighted by Crippen LogP contribution is -2.52. The van der Waals surface area contributed by atoms with Gasteiger partial charge in [-0.1, -0.05) is 60.7 Å². The summed E-state index contributed by atoms with van der Waals surface area (Å²) in [6, 6.07) is 23.2. The summed E-state index contributed by atoms with van der Waals surface area (Å²) in [6.07, 6.45) is 0. The van der Waals surface area contributed by atoms with E-state index in [1.807, 2.05) is 54.6 Å². The number of nitro benzene ring substituents is 1. The van der Waals surface area contributed by atoms with Crippen LogP contribution in [0.1, 0.15) is 27.4 Å². The highest BCUT2D eigenvalue weighted by molar-refractivity contribution is 7.99. The fraction of sp³-hybridized carbons (Fsp3) is 0.231. The van der Waals surface area contributed by atoms with Gasteiger partial charge in [-0.25, -0.2) is 0 Å². The molecule has 0 aromatic heterocycles. The van der Waals surface area contributed by atoms with E-state index in [2.05, 4.69) is 10.2 Å². The summed E-state index contributed by atoms with van der Waals surface area (Å²) in [5.41, 5.74) is 1.46. The molecule has 8 heteroatoms. The Balaban J connectivity index is 1.60. The number of ketones is 1. The molecule has 1 amide bonds. The third-order valence-electron chi connectivity index (χ3n) is 7.34. The standard InChI is InChI=1S/C26H21N3O4S/c30-24(17-9-6-10-18(13-17)29(32)33)23-22(16-7-2-1-3-8-16)21-14-34-15-28(21)26(23)19-11-4-5-12-20(19)27-25(26)31/h1-13,21-23H,14-15H2,(H,27,31)/t21-,22+,23-,26-/m1/s1. The quantitative estimate of drug-likeness (QED) is 0.344. The number of thioether (sulfide) groups is 1. The van der Waals surface area contributed by atoms with Crippen LogP contribution < -0.4 is 5.32 Å². The largest absolute Gasteiger partial charge is 0.324 e. The molecule has 3 aromatic carbocycles. The summed E-state index contributed by atoms with van der Waals surface area (Å²) in [7, 11) is 0. The molecule has 3 aromatic rings. The van der Waals surface area contributed by atoms with Gasteiger partial charge in [-0.2, -0.15) is 0 Å². The number of carbonyl (C=O) groups is 2. The zero-order chi connectivity index (χ0) is 23.4. The first-order valence-electron chi connectivity index (χ1n) is 11.1.